The quantitative estimate of drug-likeness (QED) is 0.767. The summed E-state index contributed by atoms with van der Waals surface area (Å²) in [6.45, 7) is 2.34. The molecule has 0 spiro atoms. The number of rotatable bonds is 4. The summed E-state index contributed by atoms with van der Waals surface area (Å²) < 4.78 is 5.62. The molecule has 0 aliphatic carbocycles. The molecular formula is C15H17NOS. The van der Waals surface area contributed by atoms with Crippen LogP contribution in [0.25, 0.3) is 0 Å². The van der Waals surface area contributed by atoms with Crippen molar-refractivity contribution in [1.82, 2.24) is 4.90 Å². The zero-order valence-electron chi connectivity index (χ0n) is 10.3. The van der Waals surface area contributed by atoms with E-state index < -0.39 is 0 Å². The highest BCUT2D eigenvalue weighted by Gasteiger charge is 2.26. The zero-order chi connectivity index (χ0) is 12.2. The van der Waals surface area contributed by atoms with Gasteiger partial charge < -0.3 is 4.42 Å². The van der Waals surface area contributed by atoms with Gasteiger partial charge >= 0.3 is 0 Å². The predicted molar refractivity (Wildman–Crippen MR) is 74.6 cm³/mol. The van der Waals surface area contributed by atoms with Gasteiger partial charge in [-0.1, -0.05) is 30.0 Å². The number of furan rings is 1. The van der Waals surface area contributed by atoms with E-state index in [-0.39, 0.29) is 0 Å². The summed E-state index contributed by atoms with van der Waals surface area (Å²) in [5, 5.41) is 0.310. The number of likely N-dealkylation sites (tertiary alicyclic amines) is 1. The molecule has 0 N–H and O–H groups in total. The van der Waals surface area contributed by atoms with Crippen molar-refractivity contribution in [1.29, 1.82) is 0 Å². The van der Waals surface area contributed by atoms with Gasteiger partial charge in [0.25, 0.3) is 0 Å². The van der Waals surface area contributed by atoms with Crippen LogP contribution in [0.4, 0.5) is 0 Å². The molecule has 3 rings (SSSR count). The van der Waals surface area contributed by atoms with Gasteiger partial charge in [-0.05, 0) is 50.2 Å². The van der Waals surface area contributed by atoms with Crippen molar-refractivity contribution < 1.29 is 4.42 Å². The van der Waals surface area contributed by atoms with Gasteiger partial charge in [-0.3, -0.25) is 4.90 Å². The minimum atomic E-state index is 0.310. The second-order valence-electron chi connectivity index (χ2n) is 4.54. The minimum absolute atomic E-state index is 0.310. The van der Waals surface area contributed by atoms with Crippen LogP contribution >= 0.6 is 11.8 Å². The van der Waals surface area contributed by atoms with Crippen LogP contribution < -0.4 is 0 Å². The lowest BCUT2D eigenvalue weighted by Gasteiger charge is -2.25. The molecule has 1 aliphatic heterocycles. The van der Waals surface area contributed by atoms with Gasteiger partial charge in [-0.25, -0.2) is 0 Å². The lowest BCUT2D eigenvalue weighted by Crippen LogP contribution is -2.22. The molecule has 3 heteroatoms. The van der Waals surface area contributed by atoms with E-state index in [1.807, 2.05) is 17.8 Å². The third-order valence-electron chi connectivity index (χ3n) is 3.25. The van der Waals surface area contributed by atoms with Crippen molar-refractivity contribution in [3.63, 3.8) is 0 Å². The predicted octanol–water partition coefficient (Wildman–Crippen LogP) is 4.17. The topological polar surface area (TPSA) is 16.4 Å². The highest BCUT2D eigenvalue weighted by Crippen LogP contribution is 2.39. The van der Waals surface area contributed by atoms with Gasteiger partial charge in [0.15, 0.2) is 0 Å². The summed E-state index contributed by atoms with van der Waals surface area (Å²) >= 11 is 1.88. The Kier molecular flexibility index (Phi) is 3.72. The smallest absolute Gasteiger partial charge is 0.131 e. The van der Waals surface area contributed by atoms with Crippen molar-refractivity contribution in [2.24, 2.45) is 0 Å². The van der Waals surface area contributed by atoms with E-state index in [2.05, 4.69) is 41.3 Å². The largest absolute Gasteiger partial charge is 0.467 e. The number of hydrogen-bond acceptors (Lipinski definition) is 3. The van der Waals surface area contributed by atoms with Gasteiger partial charge in [-0.2, -0.15) is 0 Å². The Labute approximate surface area is 112 Å². The molecule has 1 aromatic heterocycles. The lowest BCUT2D eigenvalue weighted by molar-refractivity contribution is 0.288. The first-order valence-electron chi connectivity index (χ1n) is 6.43. The standard InChI is InChI=1S/C15H17NOS/c1-2-7-13(8-3-1)18-15(14-9-6-12-17-14)16-10-4-5-11-16/h1-3,6-9,12,15H,4-5,10-11H2. The molecule has 2 aromatic rings. The first-order chi connectivity index (χ1) is 8.93. The molecular weight excluding hydrogens is 242 g/mol. The van der Waals surface area contributed by atoms with Gasteiger partial charge in [0, 0.05) is 4.90 Å². The Bertz CT molecular complexity index is 463. The first kappa shape index (κ1) is 11.9. The Morgan fingerprint density at radius 3 is 2.44 bits per heavy atom. The number of hydrogen-bond donors (Lipinski definition) is 0. The number of thioether (sulfide) groups is 1. The molecule has 1 aromatic carbocycles. The second kappa shape index (κ2) is 5.63. The molecule has 0 radical (unpaired) electrons. The van der Waals surface area contributed by atoms with Crippen LogP contribution in [0, 0.1) is 0 Å². The zero-order valence-corrected chi connectivity index (χ0v) is 11.1. The molecule has 1 fully saturated rings. The van der Waals surface area contributed by atoms with Crippen LogP contribution in [0.5, 0.6) is 0 Å². The second-order valence-corrected chi connectivity index (χ2v) is 5.70. The average molecular weight is 259 g/mol. The molecule has 0 bridgehead atoms. The first-order valence-corrected chi connectivity index (χ1v) is 7.30. The molecule has 1 unspecified atom stereocenters. The normalized spacial score (nSPS) is 18.0. The fourth-order valence-corrected chi connectivity index (χ4v) is 3.53. The molecule has 18 heavy (non-hydrogen) atoms. The maximum Gasteiger partial charge on any atom is 0.131 e. The summed E-state index contributed by atoms with van der Waals surface area (Å²) in [7, 11) is 0. The van der Waals surface area contributed by atoms with Crippen molar-refractivity contribution >= 4 is 11.8 Å². The van der Waals surface area contributed by atoms with Crippen molar-refractivity contribution in [3.8, 4) is 0 Å². The monoisotopic (exact) mass is 259 g/mol. The van der Waals surface area contributed by atoms with Crippen molar-refractivity contribution in [3.05, 3.63) is 54.5 Å². The number of nitrogens with zero attached hydrogens (tertiary/aromatic N) is 1. The van der Waals surface area contributed by atoms with Crippen LogP contribution in [0.15, 0.2) is 58.0 Å². The van der Waals surface area contributed by atoms with Gasteiger partial charge in [0.05, 0.1) is 6.26 Å². The van der Waals surface area contributed by atoms with E-state index in [9.17, 15) is 0 Å². The Hall–Kier alpha value is -1.19. The third kappa shape index (κ3) is 2.62. The summed E-state index contributed by atoms with van der Waals surface area (Å²) in [6, 6.07) is 14.6. The SMILES string of the molecule is c1ccc(SC(c2ccco2)N2CCCC2)cc1. The van der Waals surface area contributed by atoms with Gasteiger partial charge in [0.1, 0.15) is 11.1 Å². The molecule has 1 saturated heterocycles. The maximum atomic E-state index is 5.62. The Morgan fingerprint density at radius 1 is 1.00 bits per heavy atom. The van der Waals surface area contributed by atoms with E-state index in [0.29, 0.717) is 5.37 Å². The molecule has 1 atom stereocenters. The van der Waals surface area contributed by atoms with Crippen LogP contribution in [-0.4, -0.2) is 18.0 Å². The summed E-state index contributed by atoms with van der Waals surface area (Å²) in [5.74, 6) is 1.06. The van der Waals surface area contributed by atoms with E-state index in [1.54, 1.807) is 6.26 Å². The Morgan fingerprint density at radius 2 is 1.78 bits per heavy atom. The molecule has 2 nitrogen and oxygen atoms in total. The minimum Gasteiger partial charge on any atom is -0.467 e. The molecule has 0 amide bonds. The maximum absolute atomic E-state index is 5.62. The number of benzene rings is 1. The molecule has 94 valence electrons. The highest BCUT2D eigenvalue weighted by atomic mass is 32.2. The van der Waals surface area contributed by atoms with E-state index in [4.69, 9.17) is 4.42 Å². The van der Waals surface area contributed by atoms with Crippen molar-refractivity contribution in [2.45, 2.75) is 23.1 Å². The van der Waals surface area contributed by atoms with Crippen LogP contribution in [-0.2, 0) is 0 Å². The lowest BCUT2D eigenvalue weighted by atomic mass is 10.4. The van der Waals surface area contributed by atoms with Crippen LogP contribution in [0.3, 0.4) is 0 Å². The summed E-state index contributed by atoms with van der Waals surface area (Å²) in [4.78, 5) is 3.81. The molecule has 1 aliphatic rings. The summed E-state index contributed by atoms with van der Waals surface area (Å²) in [6.07, 6.45) is 4.36. The highest BCUT2D eigenvalue weighted by molar-refractivity contribution is 7.99. The summed E-state index contributed by atoms with van der Waals surface area (Å²) in [5.41, 5.74) is 0. The van der Waals surface area contributed by atoms with E-state index in [1.165, 1.54) is 30.8 Å². The van der Waals surface area contributed by atoms with Crippen LogP contribution in [0.1, 0.15) is 24.0 Å². The fourth-order valence-electron chi connectivity index (χ4n) is 2.35. The van der Waals surface area contributed by atoms with Gasteiger partial charge in [-0.15, -0.1) is 0 Å². The average Bonchev–Trinajstić information content (AvgIpc) is 3.11. The van der Waals surface area contributed by atoms with Crippen molar-refractivity contribution in [2.75, 3.05) is 13.1 Å². The molecule has 2 heterocycles. The Balaban J connectivity index is 1.81. The molecule has 0 saturated carbocycles. The van der Waals surface area contributed by atoms with E-state index in [0.717, 1.165) is 5.76 Å². The van der Waals surface area contributed by atoms with E-state index >= 15 is 0 Å². The van der Waals surface area contributed by atoms with Crippen LogP contribution in [0.2, 0.25) is 0 Å². The van der Waals surface area contributed by atoms with Gasteiger partial charge in [0.2, 0.25) is 0 Å². The fraction of sp³-hybridized carbons (Fsp3) is 0.333. The third-order valence-corrected chi connectivity index (χ3v) is 4.55.